The largest absolute Gasteiger partial charge is 0.495 e. The van der Waals surface area contributed by atoms with Gasteiger partial charge in [0, 0.05) is 17.3 Å². The minimum Gasteiger partial charge on any atom is -0.495 e. The molecular formula is C18H14Cl2F3N3O2. The molecule has 28 heavy (non-hydrogen) atoms. The number of alkyl halides is 3. The molecule has 10 heteroatoms. The van der Waals surface area contributed by atoms with E-state index in [4.69, 9.17) is 27.9 Å². The number of hydrogen-bond donors (Lipinski definition) is 1. The van der Waals surface area contributed by atoms with E-state index in [1.165, 1.54) is 20.1 Å². The van der Waals surface area contributed by atoms with E-state index in [0.29, 0.717) is 22.0 Å². The number of methoxy groups -OCH3 is 1. The summed E-state index contributed by atoms with van der Waals surface area (Å²) >= 11 is 12.0. The van der Waals surface area contributed by atoms with Crippen molar-refractivity contribution >= 4 is 40.4 Å². The quantitative estimate of drug-likeness (QED) is 0.592. The van der Waals surface area contributed by atoms with Crippen LogP contribution in [0.3, 0.4) is 0 Å². The second-order valence-corrected chi connectivity index (χ2v) is 6.88. The predicted molar refractivity (Wildman–Crippen MR) is 101 cm³/mol. The summed E-state index contributed by atoms with van der Waals surface area (Å²) in [6.07, 6.45) is -3.83. The molecule has 148 valence electrons. The maximum Gasteiger partial charge on any atom is 0.417 e. The van der Waals surface area contributed by atoms with Crippen molar-refractivity contribution < 1.29 is 22.7 Å². The van der Waals surface area contributed by atoms with E-state index in [1.807, 2.05) is 0 Å². The predicted octanol–water partition coefficient (Wildman–Crippen LogP) is 5.54. The van der Waals surface area contributed by atoms with Crippen LogP contribution in [0.5, 0.6) is 5.75 Å². The van der Waals surface area contributed by atoms with E-state index < -0.39 is 17.6 Å². The molecule has 2 aromatic heterocycles. The van der Waals surface area contributed by atoms with Gasteiger partial charge in [-0.3, -0.25) is 9.20 Å². The number of rotatable bonds is 3. The molecule has 0 fully saturated rings. The summed E-state index contributed by atoms with van der Waals surface area (Å²) in [6.45, 7) is 3.25. The molecule has 0 aliphatic carbocycles. The highest BCUT2D eigenvalue weighted by atomic mass is 35.5. The summed E-state index contributed by atoms with van der Waals surface area (Å²) in [5.41, 5.74) is 0.228. The molecular weight excluding hydrogens is 418 g/mol. The average Bonchev–Trinajstić information content (AvgIpc) is 2.93. The first-order valence-corrected chi connectivity index (χ1v) is 8.69. The Labute approximate surface area is 168 Å². The fraction of sp³-hybridized carbons (Fsp3) is 0.222. The van der Waals surface area contributed by atoms with Gasteiger partial charge in [0.25, 0.3) is 5.91 Å². The Morgan fingerprint density at radius 2 is 1.86 bits per heavy atom. The van der Waals surface area contributed by atoms with Crippen molar-refractivity contribution in [2.75, 3.05) is 12.4 Å². The number of pyridine rings is 1. The van der Waals surface area contributed by atoms with Gasteiger partial charge in [-0.15, -0.1) is 0 Å². The molecule has 3 aromatic rings. The Kier molecular flexibility index (Phi) is 5.20. The number of fused-ring (bicyclic) bond motifs is 1. The lowest BCUT2D eigenvalue weighted by Gasteiger charge is -2.13. The number of amides is 1. The first-order chi connectivity index (χ1) is 13.0. The first-order valence-electron chi connectivity index (χ1n) is 7.93. The molecule has 3 rings (SSSR count). The number of anilines is 1. The summed E-state index contributed by atoms with van der Waals surface area (Å²) < 4.78 is 45.7. The number of carbonyl (C=O) groups is 1. The smallest absolute Gasteiger partial charge is 0.417 e. The lowest BCUT2D eigenvalue weighted by atomic mass is 10.2. The molecule has 0 bridgehead atoms. The number of halogens is 5. The Morgan fingerprint density at radius 1 is 1.18 bits per heavy atom. The maximum atomic E-state index is 13.1. The zero-order chi connectivity index (χ0) is 20.8. The van der Waals surface area contributed by atoms with E-state index in [0.717, 1.165) is 16.7 Å². The van der Waals surface area contributed by atoms with Gasteiger partial charge in [-0.1, -0.05) is 23.2 Å². The number of nitrogens with zero attached hydrogens (tertiary/aromatic N) is 2. The number of aromatic nitrogens is 2. The Bertz CT molecular complexity index is 1090. The van der Waals surface area contributed by atoms with Crippen LogP contribution in [-0.2, 0) is 6.18 Å². The summed E-state index contributed by atoms with van der Waals surface area (Å²) in [4.78, 5) is 17.0. The van der Waals surface area contributed by atoms with Crippen LogP contribution in [-0.4, -0.2) is 22.4 Å². The molecule has 1 N–H and O–H groups in total. The van der Waals surface area contributed by atoms with Gasteiger partial charge in [-0.2, -0.15) is 13.2 Å². The van der Waals surface area contributed by atoms with E-state index >= 15 is 0 Å². The third kappa shape index (κ3) is 3.62. The molecule has 2 heterocycles. The molecule has 0 radical (unpaired) electrons. The van der Waals surface area contributed by atoms with Crippen molar-refractivity contribution in [1.29, 1.82) is 0 Å². The Hall–Kier alpha value is -2.45. The highest BCUT2D eigenvalue weighted by molar-refractivity contribution is 6.33. The second kappa shape index (κ2) is 7.18. The second-order valence-electron chi connectivity index (χ2n) is 6.07. The number of ether oxygens (including phenoxy) is 1. The molecule has 1 aromatic carbocycles. The standard InChI is InChI=1S/C18H14Cl2F3N3O2/c1-8-4-13(14(28-3)6-11(8)19)25-17(27)15-9(2)24-16-12(20)5-10(7-26(15)16)18(21,22)23/h4-7H,1-3H3,(H,25,27). The van der Waals surface area contributed by atoms with Gasteiger partial charge in [0.05, 0.1) is 29.1 Å². The molecule has 1 amide bonds. The summed E-state index contributed by atoms with van der Waals surface area (Å²) in [5, 5.41) is 2.87. The van der Waals surface area contributed by atoms with Crippen molar-refractivity contribution in [2.45, 2.75) is 20.0 Å². The monoisotopic (exact) mass is 431 g/mol. The molecule has 0 saturated carbocycles. The third-order valence-corrected chi connectivity index (χ3v) is 4.81. The summed E-state index contributed by atoms with van der Waals surface area (Å²) in [6, 6.07) is 3.91. The van der Waals surface area contributed by atoms with Crippen molar-refractivity contribution in [3.8, 4) is 5.75 Å². The van der Waals surface area contributed by atoms with Crippen LogP contribution in [0.25, 0.3) is 5.65 Å². The molecule has 0 aliphatic rings. The van der Waals surface area contributed by atoms with Crippen LogP contribution in [0.2, 0.25) is 10.0 Å². The van der Waals surface area contributed by atoms with E-state index in [1.54, 1.807) is 13.0 Å². The lowest BCUT2D eigenvalue weighted by molar-refractivity contribution is -0.137. The van der Waals surface area contributed by atoms with Crippen LogP contribution in [0.15, 0.2) is 24.4 Å². The average molecular weight is 432 g/mol. The van der Waals surface area contributed by atoms with Crippen molar-refractivity contribution in [2.24, 2.45) is 0 Å². The minimum absolute atomic E-state index is 0.0524. The van der Waals surface area contributed by atoms with Crippen LogP contribution in [0.4, 0.5) is 18.9 Å². The maximum absolute atomic E-state index is 13.1. The van der Waals surface area contributed by atoms with Gasteiger partial charge in [0.2, 0.25) is 0 Å². The minimum atomic E-state index is -4.62. The zero-order valence-electron chi connectivity index (χ0n) is 14.9. The highest BCUT2D eigenvalue weighted by Gasteiger charge is 2.33. The van der Waals surface area contributed by atoms with Crippen LogP contribution in [0, 0.1) is 13.8 Å². The molecule has 0 unspecified atom stereocenters. The highest BCUT2D eigenvalue weighted by Crippen LogP contribution is 2.34. The fourth-order valence-corrected chi connectivity index (χ4v) is 3.16. The molecule has 0 spiro atoms. The number of benzene rings is 1. The van der Waals surface area contributed by atoms with Gasteiger partial charge in [0.1, 0.15) is 11.4 Å². The van der Waals surface area contributed by atoms with E-state index in [-0.39, 0.29) is 22.1 Å². The van der Waals surface area contributed by atoms with Gasteiger partial charge in [-0.05, 0) is 31.5 Å². The van der Waals surface area contributed by atoms with Gasteiger partial charge in [-0.25, -0.2) is 4.98 Å². The number of imidazole rings is 1. The molecule has 5 nitrogen and oxygen atoms in total. The van der Waals surface area contributed by atoms with Crippen molar-refractivity contribution in [3.63, 3.8) is 0 Å². The number of carbonyl (C=O) groups excluding carboxylic acids is 1. The SMILES string of the molecule is COc1cc(Cl)c(C)cc1NC(=O)c1c(C)nc2c(Cl)cc(C(F)(F)F)cn12. The van der Waals surface area contributed by atoms with Crippen molar-refractivity contribution in [3.05, 3.63) is 57.0 Å². The van der Waals surface area contributed by atoms with Gasteiger partial charge < -0.3 is 10.1 Å². The number of aryl methyl sites for hydroxylation is 2. The fourth-order valence-electron chi connectivity index (χ4n) is 2.76. The normalized spacial score (nSPS) is 11.7. The Morgan fingerprint density at radius 3 is 2.46 bits per heavy atom. The number of hydrogen-bond acceptors (Lipinski definition) is 3. The summed E-state index contributed by atoms with van der Waals surface area (Å²) in [5.74, 6) is -0.357. The third-order valence-electron chi connectivity index (χ3n) is 4.12. The van der Waals surface area contributed by atoms with E-state index in [2.05, 4.69) is 10.3 Å². The van der Waals surface area contributed by atoms with Gasteiger partial charge >= 0.3 is 6.18 Å². The topological polar surface area (TPSA) is 55.6 Å². The molecule has 0 saturated heterocycles. The summed E-state index contributed by atoms with van der Waals surface area (Å²) in [7, 11) is 1.41. The molecule has 0 atom stereocenters. The van der Waals surface area contributed by atoms with Crippen LogP contribution >= 0.6 is 23.2 Å². The Balaban J connectivity index is 2.11. The van der Waals surface area contributed by atoms with Crippen LogP contribution < -0.4 is 10.1 Å². The van der Waals surface area contributed by atoms with Gasteiger partial charge in [0.15, 0.2) is 5.65 Å². The van der Waals surface area contributed by atoms with Crippen LogP contribution in [0.1, 0.15) is 27.3 Å². The first kappa shape index (κ1) is 20.3. The van der Waals surface area contributed by atoms with E-state index in [9.17, 15) is 18.0 Å². The number of nitrogens with one attached hydrogen (secondary N) is 1. The molecule has 0 aliphatic heterocycles. The lowest BCUT2D eigenvalue weighted by Crippen LogP contribution is -2.17. The van der Waals surface area contributed by atoms with Crippen molar-refractivity contribution in [1.82, 2.24) is 9.38 Å². The zero-order valence-corrected chi connectivity index (χ0v) is 16.4.